The van der Waals surface area contributed by atoms with E-state index in [-0.39, 0.29) is 24.5 Å². The molecule has 1 unspecified atom stereocenters. The van der Waals surface area contributed by atoms with Crippen molar-refractivity contribution in [3.05, 3.63) is 57.2 Å². The molecule has 1 N–H and O–H groups in total. The van der Waals surface area contributed by atoms with Crippen LogP contribution in [0.15, 0.2) is 35.4 Å². The number of aliphatic hydroxyl groups is 1. The zero-order valence-corrected chi connectivity index (χ0v) is 14.3. The normalized spacial score (nSPS) is 14.6. The first-order chi connectivity index (χ1) is 12.1. The van der Waals surface area contributed by atoms with Gasteiger partial charge in [0.1, 0.15) is 17.5 Å². The molecular formula is C18H17FN2O3S. The molecule has 1 atom stereocenters. The van der Waals surface area contributed by atoms with Gasteiger partial charge in [-0.15, -0.1) is 11.3 Å². The van der Waals surface area contributed by atoms with Crippen molar-refractivity contribution in [2.24, 2.45) is 0 Å². The van der Waals surface area contributed by atoms with Crippen LogP contribution in [-0.2, 0) is 19.4 Å². The van der Waals surface area contributed by atoms with Crippen molar-refractivity contribution in [1.82, 2.24) is 9.55 Å². The van der Waals surface area contributed by atoms with Crippen molar-refractivity contribution in [3.8, 4) is 5.75 Å². The molecule has 25 heavy (non-hydrogen) atoms. The van der Waals surface area contributed by atoms with Crippen molar-refractivity contribution >= 4 is 21.6 Å². The van der Waals surface area contributed by atoms with E-state index in [1.54, 1.807) is 23.5 Å². The third-order valence-corrected chi connectivity index (χ3v) is 5.57. The topological polar surface area (TPSA) is 64.4 Å². The highest BCUT2D eigenvalue weighted by atomic mass is 32.1. The van der Waals surface area contributed by atoms with Gasteiger partial charge in [0.15, 0.2) is 11.6 Å². The lowest BCUT2D eigenvalue weighted by Crippen LogP contribution is -2.30. The number of aliphatic hydroxyl groups excluding tert-OH is 1. The summed E-state index contributed by atoms with van der Waals surface area (Å²) in [6, 6.07) is 6.01. The summed E-state index contributed by atoms with van der Waals surface area (Å²) >= 11 is 1.58. The zero-order chi connectivity index (χ0) is 17.4. The lowest BCUT2D eigenvalue weighted by molar-refractivity contribution is 0.0895. The summed E-state index contributed by atoms with van der Waals surface area (Å²) in [7, 11) is 0. The number of para-hydroxylation sites is 1. The molecule has 0 saturated carbocycles. The van der Waals surface area contributed by atoms with Gasteiger partial charge < -0.3 is 9.84 Å². The molecule has 1 aliphatic carbocycles. The number of halogens is 1. The van der Waals surface area contributed by atoms with Crippen LogP contribution in [0.4, 0.5) is 4.39 Å². The second-order valence-corrected chi connectivity index (χ2v) is 7.22. The third-order valence-electron chi connectivity index (χ3n) is 4.37. The van der Waals surface area contributed by atoms with E-state index < -0.39 is 11.9 Å². The van der Waals surface area contributed by atoms with E-state index in [1.165, 1.54) is 27.9 Å². The fourth-order valence-electron chi connectivity index (χ4n) is 3.18. The highest BCUT2D eigenvalue weighted by Gasteiger charge is 2.21. The van der Waals surface area contributed by atoms with Crippen LogP contribution >= 0.6 is 11.3 Å². The Bertz CT molecular complexity index is 982. The molecule has 4 rings (SSSR count). The molecule has 1 aliphatic rings. The van der Waals surface area contributed by atoms with Crippen molar-refractivity contribution in [2.75, 3.05) is 6.61 Å². The third kappa shape index (κ3) is 3.05. The number of nitrogens with zero attached hydrogens (tertiary/aromatic N) is 2. The van der Waals surface area contributed by atoms with Crippen molar-refractivity contribution < 1.29 is 14.2 Å². The van der Waals surface area contributed by atoms with Crippen molar-refractivity contribution in [1.29, 1.82) is 0 Å². The van der Waals surface area contributed by atoms with E-state index in [9.17, 15) is 14.3 Å². The Morgan fingerprint density at radius 1 is 1.36 bits per heavy atom. The van der Waals surface area contributed by atoms with Gasteiger partial charge in [-0.2, -0.15) is 0 Å². The van der Waals surface area contributed by atoms with E-state index >= 15 is 0 Å². The molecule has 130 valence electrons. The molecule has 1 aromatic carbocycles. The maximum absolute atomic E-state index is 13.5. The number of rotatable bonds is 5. The average molecular weight is 360 g/mol. The van der Waals surface area contributed by atoms with Crippen LogP contribution in [0, 0.1) is 5.82 Å². The summed E-state index contributed by atoms with van der Waals surface area (Å²) in [6.45, 7) is -0.0476. The SMILES string of the molecule is O=c1c2c3c(sc2ncn1CC(O)COc1ccccc1F)CCC3. The monoisotopic (exact) mass is 360 g/mol. The van der Waals surface area contributed by atoms with Gasteiger partial charge in [0.05, 0.1) is 18.3 Å². The maximum Gasteiger partial charge on any atom is 0.262 e. The molecule has 0 bridgehead atoms. The van der Waals surface area contributed by atoms with Gasteiger partial charge in [-0.3, -0.25) is 9.36 Å². The predicted octanol–water partition coefficient (Wildman–Crippen LogP) is 2.53. The van der Waals surface area contributed by atoms with Gasteiger partial charge in [-0.05, 0) is 37.0 Å². The van der Waals surface area contributed by atoms with Crippen LogP contribution in [0.5, 0.6) is 5.75 Å². The van der Waals surface area contributed by atoms with Gasteiger partial charge in [0, 0.05) is 4.88 Å². The number of hydrogen-bond acceptors (Lipinski definition) is 5. The zero-order valence-electron chi connectivity index (χ0n) is 13.4. The van der Waals surface area contributed by atoms with Crippen LogP contribution in [0.25, 0.3) is 10.2 Å². The number of benzene rings is 1. The van der Waals surface area contributed by atoms with E-state index in [2.05, 4.69) is 4.98 Å². The number of hydrogen-bond donors (Lipinski definition) is 1. The summed E-state index contributed by atoms with van der Waals surface area (Å²) in [5.41, 5.74) is 0.985. The number of aryl methyl sites for hydroxylation is 2. The first-order valence-electron chi connectivity index (χ1n) is 8.18. The second kappa shape index (κ2) is 6.57. The molecule has 0 aliphatic heterocycles. The standard InChI is InChI=1S/C18H17FN2O3S/c19-13-5-1-2-6-14(13)24-9-11(22)8-21-10-20-17-16(18(21)23)12-4-3-7-15(12)25-17/h1-2,5-6,10-11,22H,3-4,7-9H2. The summed E-state index contributed by atoms with van der Waals surface area (Å²) in [5, 5.41) is 10.8. The van der Waals surface area contributed by atoms with Crippen molar-refractivity contribution in [3.63, 3.8) is 0 Å². The molecule has 2 aromatic heterocycles. The Hall–Kier alpha value is -2.25. The molecular weight excluding hydrogens is 343 g/mol. The Kier molecular flexibility index (Phi) is 4.27. The molecule has 2 heterocycles. The fourth-order valence-corrected chi connectivity index (χ4v) is 4.40. The Balaban J connectivity index is 1.51. The summed E-state index contributed by atoms with van der Waals surface area (Å²) in [5.74, 6) is -0.401. The molecule has 0 spiro atoms. The Morgan fingerprint density at radius 2 is 2.20 bits per heavy atom. The van der Waals surface area contributed by atoms with E-state index in [0.717, 1.165) is 29.7 Å². The smallest absolute Gasteiger partial charge is 0.262 e. The Labute approximate surface area is 147 Å². The number of ether oxygens (including phenoxy) is 1. The average Bonchev–Trinajstić information content (AvgIpc) is 3.17. The lowest BCUT2D eigenvalue weighted by Gasteiger charge is -2.14. The quantitative estimate of drug-likeness (QED) is 0.759. The van der Waals surface area contributed by atoms with Crippen LogP contribution in [-0.4, -0.2) is 27.4 Å². The van der Waals surface area contributed by atoms with Gasteiger partial charge in [0.25, 0.3) is 5.56 Å². The van der Waals surface area contributed by atoms with Gasteiger partial charge in [0.2, 0.25) is 0 Å². The first kappa shape index (κ1) is 16.2. The second-order valence-electron chi connectivity index (χ2n) is 6.13. The highest BCUT2D eigenvalue weighted by Crippen LogP contribution is 2.34. The number of thiophene rings is 1. The van der Waals surface area contributed by atoms with Crippen LogP contribution in [0.2, 0.25) is 0 Å². The fraction of sp³-hybridized carbons (Fsp3) is 0.333. The predicted molar refractivity (Wildman–Crippen MR) is 93.8 cm³/mol. The lowest BCUT2D eigenvalue weighted by atomic mass is 10.2. The minimum atomic E-state index is -0.941. The minimum Gasteiger partial charge on any atom is -0.488 e. The minimum absolute atomic E-state index is 0.0564. The number of fused-ring (bicyclic) bond motifs is 3. The molecule has 5 nitrogen and oxygen atoms in total. The van der Waals surface area contributed by atoms with Crippen LogP contribution < -0.4 is 10.3 Å². The van der Waals surface area contributed by atoms with Crippen LogP contribution in [0.1, 0.15) is 16.9 Å². The van der Waals surface area contributed by atoms with E-state index in [1.807, 2.05) is 0 Å². The number of aromatic nitrogens is 2. The Morgan fingerprint density at radius 3 is 3.04 bits per heavy atom. The molecule has 7 heteroatoms. The van der Waals surface area contributed by atoms with Gasteiger partial charge in [-0.25, -0.2) is 9.37 Å². The summed E-state index contributed by atoms with van der Waals surface area (Å²) in [6.07, 6.45) is 3.51. The highest BCUT2D eigenvalue weighted by molar-refractivity contribution is 7.18. The summed E-state index contributed by atoms with van der Waals surface area (Å²) < 4.78 is 20.2. The maximum atomic E-state index is 13.5. The largest absolute Gasteiger partial charge is 0.488 e. The van der Waals surface area contributed by atoms with Gasteiger partial charge in [-0.1, -0.05) is 12.1 Å². The molecule has 0 fully saturated rings. The van der Waals surface area contributed by atoms with Gasteiger partial charge >= 0.3 is 0 Å². The van der Waals surface area contributed by atoms with E-state index in [0.29, 0.717) is 5.39 Å². The molecule has 0 radical (unpaired) electrons. The van der Waals surface area contributed by atoms with E-state index in [4.69, 9.17) is 4.74 Å². The van der Waals surface area contributed by atoms with Crippen LogP contribution in [0.3, 0.4) is 0 Å². The van der Waals surface area contributed by atoms with Crippen molar-refractivity contribution in [2.45, 2.75) is 31.9 Å². The first-order valence-corrected chi connectivity index (χ1v) is 9.00. The molecule has 0 amide bonds. The summed E-state index contributed by atoms with van der Waals surface area (Å²) in [4.78, 5) is 19.1. The molecule has 3 aromatic rings. The molecule has 0 saturated heterocycles.